The Bertz CT molecular complexity index is 868. The summed E-state index contributed by atoms with van der Waals surface area (Å²) in [5.74, 6) is 0.720. The van der Waals surface area contributed by atoms with Gasteiger partial charge in [-0.05, 0) is 11.6 Å². The summed E-state index contributed by atoms with van der Waals surface area (Å²) in [4.78, 5) is 13.9. The molecule has 0 amide bonds. The molecule has 6 nitrogen and oxygen atoms in total. The zero-order valence-electron chi connectivity index (χ0n) is 12.4. The van der Waals surface area contributed by atoms with Crippen LogP contribution in [0.2, 0.25) is 0 Å². The highest BCUT2D eigenvalue weighted by Gasteiger charge is 2.24. The van der Waals surface area contributed by atoms with Gasteiger partial charge in [-0.25, -0.2) is 9.97 Å². The van der Waals surface area contributed by atoms with Gasteiger partial charge in [-0.1, -0.05) is 30.3 Å². The normalized spacial score (nSPS) is 18.0. The average molecular weight is 305 g/mol. The predicted octanol–water partition coefficient (Wildman–Crippen LogP) is 2.48. The second-order valence-corrected chi connectivity index (χ2v) is 5.49. The zero-order valence-corrected chi connectivity index (χ0v) is 12.4. The fourth-order valence-corrected chi connectivity index (χ4v) is 2.77. The number of morpholine rings is 1. The number of H-pyrrole nitrogens is 1. The van der Waals surface area contributed by atoms with Crippen molar-refractivity contribution in [2.45, 2.75) is 6.10 Å². The summed E-state index contributed by atoms with van der Waals surface area (Å²) in [6, 6.07) is 12.1. The highest BCUT2D eigenvalue weighted by atomic mass is 16.5. The van der Waals surface area contributed by atoms with Gasteiger partial charge in [0.25, 0.3) is 0 Å². The number of nitrogens with zero attached hydrogens (tertiary/aromatic N) is 4. The molecule has 1 saturated heterocycles. The van der Waals surface area contributed by atoms with Gasteiger partial charge >= 0.3 is 0 Å². The fourth-order valence-electron chi connectivity index (χ4n) is 2.77. The van der Waals surface area contributed by atoms with Crippen LogP contribution in [0.4, 0.5) is 0 Å². The molecule has 2 aromatic heterocycles. The second-order valence-electron chi connectivity index (χ2n) is 5.49. The number of pyridine rings is 1. The van der Waals surface area contributed by atoms with Gasteiger partial charge in [0.1, 0.15) is 11.9 Å². The van der Waals surface area contributed by atoms with E-state index in [1.54, 1.807) is 4.90 Å². The molecule has 0 bridgehead atoms. The number of hydrogen-bond acceptors (Lipinski definition) is 5. The molecular formula is C17H15N5O. The van der Waals surface area contributed by atoms with Crippen LogP contribution in [0, 0.1) is 11.5 Å². The van der Waals surface area contributed by atoms with E-state index in [9.17, 15) is 0 Å². The van der Waals surface area contributed by atoms with Gasteiger partial charge in [0.15, 0.2) is 11.8 Å². The lowest BCUT2D eigenvalue weighted by atomic mass is 10.1. The monoisotopic (exact) mass is 305 g/mol. The summed E-state index contributed by atoms with van der Waals surface area (Å²) in [5.41, 5.74) is 3.69. The standard InChI is InChI=1S/C17H15N5O/c18-11-22-6-7-23-15(10-22)17-20-14-8-13(9-19-16(14)21-17)12-4-2-1-3-5-12/h1-5,8-9,15H,6-7,10H2,(H,19,20,21). The van der Waals surface area contributed by atoms with Crippen LogP contribution in [0.15, 0.2) is 42.6 Å². The molecule has 1 fully saturated rings. The Morgan fingerprint density at radius 1 is 1.26 bits per heavy atom. The van der Waals surface area contributed by atoms with E-state index in [2.05, 4.69) is 33.3 Å². The van der Waals surface area contributed by atoms with E-state index in [1.165, 1.54) is 0 Å². The van der Waals surface area contributed by atoms with E-state index in [4.69, 9.17) is 10.00 Å². The maximum absolute atomic E-state index is 9.04. The number of nitriles is 1. The molecule has 0 spiro atoms. The number of nitrogens with one attached hydrogen (secondary N) is 1. The summed E-state index contributed by atoms with van der Waals surface area (Å²) >= 11 is 0. The van der Waals surface area contributed by atoms with Crippen molar-refractivity contribution in [3.8, 4) is 17.3 Å². The molecule has 1 aliphatic rings. The molecule has 0 saturated carbocycles. The van der Waals surface area contributed by atoms with Gasteiger partial charge in [-0.2, -0.15) is 5.26 Å². The summed E-state index contributed by atoms with van der Waals surface area (Å²) < 4.78 is 5.73. The van der Waals surface area contributed by atoms with E-state index in [-0.39, 0.29) is 6.10 Å². The van der Waals surface area contributed by atoms with Crippen LogP contribution in [0.5, 0.6) is 0 Å². The Kier molecular flexibility index (Phi) is 3.41. The highest BCUT2D eigenvalue weighted by Crippen LogP contribution is 2.25. The summed E-state index contributed by atoms with van der Waals surface area (Å²) in [6.45, 7) is 1.67. The number of benzene rings is 1. The first-order valence-corrected chi connectivity index (χ1v) is 7.51. The molecule has 1 unspecified atom stereocenters. The van der Waals surface area contributed by atoms with E-state index in [0.29, 0.717) is 25.3 Å². The Hall–Kier alpha value is -2.91. The molecule has 4 rings (SSSR count). The van der Waals surface area contributed by atoms with E-state index in [1.807, 2.05) is 30.5 Å². The van der Waals surface area contributed by atoms with Crippen LogP contribution in [0.1, 0.15) is 11.9 Å². The Morgan fingerprint density at radius 2 is 2.13 bits per heavy atom. The molecule has 1 atom stereocenters. The van der Waals surface area contributed by atoms with Crippen LogP contribution in [-0.4, -0.2) is 39.5 Å². The number of aromatic amines is 1. The Morgan fingerprint density at radius 3 is 2.96 bits per heavy atom. The fraction of sp³-hybridized carbons (Fsp3) is 0.235. The van der Waals surface area contributed by atoms with E-state index in [0.717, 1.165) is 22.5 Å². The van der Waals surface area contributed by atoms with Crippen LogP contribution in [-0.2, 0) is 4.74 Å². The molecular weight excluding hydrogens is 290 g/mol. The van der Waals surface area contributed by atoms with Gasteiger partial charge in [0.05, 0.1) is 25.2 Å². The first kappa shape index (κ1) is 13.7. The van der Waals surface area contributed by atoms with Crippen molar-refractivity contribution >= 4 is 11.2 Å². The molecule has 0 radical (unpaired) electrons. The number of fused-ring (bicyclic) bond motifs is 1. The van der Waals surface area contributed by atoms with Crippen LogP contribution in [0.3, 0.4) is 0 Å². The third-order valence-corrected chi connectivity index (χ3v) is 3.98. The molecule has 114 valence electrons. The molecule has 1 N–H and O–H groups in total. The van der Waals surface area contributed by atoms with Crippen molar-refractivity contribution in [1.82, 2.24) is 19.9 Å². The molecule has 1 aromatic carbocycles. The number of aromatic nitrogens is 3. The average Bonchev–Trinajstić information content (AvgIpc) is 3.06. The summed E-state index contributed by atoms with van der Waals surface area (Å²) in [7, 11) is 0. The van der Waals surface area contributed by atoms with Crippen LogP contribution < -0.4 is 0 Å². The van der Waals surface area contributed by atoms with Gasteiger partial charge in [-0.3, -0.25) is 0 Å². The van der Waals surface area contributed by atoms with Crippen LogP contribution in [0.25, 0.3) is 22.3 Å². The molecule has 3 aromatic rings. The lowest BCUT2D eigenvalue weighted by Gasteiger charge is -2.27. The topological polar surface area (TPSA) is 77.8 Å². The lowest BCUT2D eigenvalue weighted by molar-refractivity contribution is -0.0153. The summed E-state index contributed by atoms with van der Waals surface area (Å²) in [6.07, 6.45) is 3.76. The third-order valence-electron chi connectivity index (χ3n) is 3.98. The van der Waals surface area contributed by atoms with Crippen molar-refractivity contribution in [2.24, 2.45) is 0 Å². The number of ether oxygens (including phenoxy) is 1. The SMILES string of the molecule is N#CN1CCOC(c2nc3ncc(-c4ccccc4)cc3[nH]2)C1. The Balaban J connectivity index is 1.67. The third kappa shape index (κ3) is 2.62. The minimum atomic E-state index is -0.224. The quantitative estimate of drug-likeness (QED) is 0.736. The number of hydrogen-bond donors (Lipinski definition) is 1. The van der Waals surface area contributed by atoms with Crippen molar-refractivity contribution in [3.63, 3.8) is 0 Å². The molecule has 6 heteroatoms. The smallest absolute Gasteiger partial charge is 0.179 e. The van der Waals surface area contributed by atoms with Crippen LogP contribution >= 0.6 is 0 Å². The largest absolute Gasteiger partial charge is 0.367 e. The van der Waals surface area contributed by atoms with Gasteiger partial charge < -0.3 is 14.6 Å². The first-order valence-electron chi connectivity index (χ1n) is 7.51. The minimum absolute atomic E-state index is 0.224. The van der Waals surface area contributed by atoms with Gasteiger partial charge in [0, 0.05) is 11.8 Å². The molecule has 0 aliphatic carbocycles. The van der Waals surface area contributed by atoms with Crippen molar-refractivity contribution < 1.29 is 4.74 Å². The predicted molar refractivity (Wildman–Crippen MR) is 85.2 cm³/mol. The summed E-state index contributed by atoms with van der Waals surface area (Å²) in [5, 5.41) is 9.04. The molecule has 23 heavy (non-hydrogen) atoms. The van der Waals surface area contributed by atoms with Gasteiger partial charge in [-0.15, -0.1) is 0 Å². The lowest BCUT2D eigenvalue weighted by Crippen LogP contribution is -2.35. The number of rotatable bonds is 2. The maximum Gasteiger partial charge on any atom is 0.179 e. The first-order chi connectivity index (χ1) is 11.3. The van der Waals surface area contributed by atoms with Crippen molar-refractivity contribution in [1.29, 1.82) is 5.26 Å². The Labute approximate surface area is 133 Å². The van der Waals surface area contributed by atoms with Gasteiger partial charge in [0.2, 0.25) is 0 Å². The number of imidazole rings is 1. The highest BCUT2D eigenvalue weighted by molar-refractivity contribution is 5.78. The van der Waals surface area contributed by atoms with Crippen molar-refractivity contribution in [3.05, 3.63) is 48.4 Å². The molecule has 1 aliphatic heterocycles. The van der Waals surface area contributed by atoms with E-state index >= 15 is 0 Å². The zero-order chi connectivity index (χ0) is 15.6. The van der Waals surface area contributed by atoms with Crippen molar-refractivity contribution in [2.75, 3.05) is 19.7 Å². The molecule has 3 heterocycles. The maximum atomic E-state index is 9.04. The van der Waals surface area contributed by atoms with E-state index < -0.39 is 0 Å². The second kappa shape index (κ2) is 5.71. The minimum Gasteiger partial charge on any atom is -0.367 e.